The highest BCUT2D eigenvalue weighted by atomic mass is 32.4. The van der Waals surface area contributed by atoms with Crippen molar-refractivity contribution in [3.8, 4) is 0 Å². The minimum Gasteiger partial charge on any atom is -0.361 e. The molecule has 3 rings (SSSR count). The van der Waals surface area contributed by atoms with E-state index < -0.39 is 21.6 Å². The van der Waals surface area contributed by atoms with Crippen molar-refractivity contribution in [1.29, 1.82) is 0 Å². The second-order valence-corrected chi connectivity index (χ2v) is 7.09. The van der Waals surface area contributed by atoms with Gasteiger partial charge in [0.1, 0.15) is 0 Å². The summed E-state index contributed by atoms with van der Waals surface area (Å²) in [4.78, 5) is 13.6. The summed E-state index contributed by atoms with van der Waals surface area (Å²) in [7, 11) is -7.77. The standard InChI is InChI=1S/C15H13F4N3OS/c16-24(17,18,19)13-5-3-11(4-6-13)21-15(23)22-12-2-1-10-7-8-20-14(10)9-12/h1-9,20,24H,(H2,21,22,23). The number of amides is 2. The van der Waals surface area contributed by atoms with Crippen LogP contribution in [0.3, 0.4) is 0 Å². The molecule has 0 fully saturated rings. The zero-order valence-electron chi connectivity index (χ0n) is 12.1. The highest BCUT2D eigenvalue weighted by Gasteiger charge is 2.39. The molecule has 0 aliphatic rings. The number of aromatic nitrogens is 1. The number of thiol groups is 1. The van der Waals surface area contributed by atoms with Gasteiger partial charge in [-0.25, -0.2) is 4.79 Å². The zero-order chi connectivity index (χ0) is 17.4. The van der Waals surface area contributed by atoms with E-state index in [0.717, 1.165) is 23.0 Å². The lowest BCUT2D eigenvalue weighted by molar-refractivity contribution is 0.262. The number of anilines is 2. The molecule has 4 nitrogen and oxygen atoms in total. The Balaban J connectivity index is 1.68. The van der Waals surface area contributed by atoms with Crippen LogP contribution in [0.25, 0.3) is 10.9 Å². The second-order valence-electron chi connectivity index (χ2n) is 5.13. The fourth-order valence-electron chi connectivity index (χ4n) is 2.19. The Morgan fingerprint density at radius 3 is 2.17 bits per heavy atom. The molecule has 3 N–H and O–H groups in total. The maximum absolute atomic E-state index is 12.6. The molecule has 24 heavy (non-hydrogen) atoms. The van der Waals surface area contributed by atoms with E-state index in [1.165, 1.54) is 0 Å². The third kappa shape index (κ3) is 3.62. The van der Waals surface area contributed by atoms with Crippen molar-refractivity contribution in [1.82, 2.24) is 4.98 Å². The van der Waals surface area contributed by atoms with E-state index in [1.54, 1.807) is 18.3 Å². The lowest BCUT2D eigenvalue weighted by Gasteiger charge is -2.29. The van der Waals surface area contributed by atoms with Crippen LogP contribution >= 0.6 is 10.7 Å². The summed E-state index contributed by atoms with van der Waals surface area (Å²) in [6.07, 6.45) is 1.76. The maximum Gasteiger partial charge on any atom is 0.323 e. The minimum atomic E-state index is -7.77. The van der Waals surface area contributed by atoms with Crippen LogP contribution in [0.2, 0.25) is 0 Å². The monoisotopic (exact) mass is 359 g/mol. The number of carbonyl (C=O) groups is 1. The molecule has 0 aliphatic carbocycles. The minimum absolute atomic E-state index is 0.123. The van der Waals surface area contributed by atoms with Gasteiger partial charge in [0.25, 0.3) is 0 Å². The molecule has 2 aromatic carbocycles. The third-order valence-corrected chi connectivity index (χ3v) is 4.41. The molecule has 0 bridgehead atoms. The fraction of sp³-hybridized carbons (Fsp3) is 0. The van der Waals surface area contributed by atoms with Gasteiger partial charge >= 0.3 is 6.03 Å². The summed E-state index contributed by atoms with van der Waals surface area (Å²) in [6, 6.07) is 9.71. The van der Waals surface area contributed by atoms with E-state index in [0.29, 0.717) is 17.8 Å². The van der Waals surface area contributed by atoms with Crippen molar-refractivity contribution >= 4 is 39.0 Å². The number of hydrogen-bond acceptors (Lipinski definition) is 1. The molecule has 0 unspecified atom stereocenters. The maximum atomic E-state index is 12.6. The number of urea groups is 1. The molecule has 3 aromatic rings. The molecule has 0 aliphatic heterocycles. The van der Waals surface area contributed by atoms with Gasteiger partial charge in [-0.1, -0.05) is 6.07 Å². The zero-order valence-corrected chi connectivity index (χ0v) is 13.0. The SMILES string of the molecule is O=C(Nc1ccc([SH](F)(F)(F)F)cc1)Nc1ccc2cc[nH]c2c1. The molecule has 0 saturated heterocycles. The van der Waals surface area contributed by atoms with E-state index in [2.05, 4.69) is 15.6 Å². The van der Waals surface area contributed by atoms with Gasteiger partial charge in [0, 0.05) is 23.1 Å². The third-order valence-electron chi connectivity index (χ3n) is 3.33. The van der Waals surface area contributed by atoms with Crippen molar-refractivity contribution in [2.75, 3.05) is 10.6 Å². The topological polar surface area (TPSA) is 56.9 Å². The van der Waals surface area contributed by atoms with Crippen LogP contribution in [0.1, 0.15) is 0 Å². The highest BCUT2D eigenvalue weighted by molar-refractivity contribution is 8.33. The highest BCUT2D eigenvalue weighted by Crippen LogP contribution is 2.81. The molecule has 0 saturated carbocycles. The Morgan fingerprint density at radius 2 is 1.50 bits per heavy atom. The predicted octanol–water partition coefficient (Wildman–Crippen LogP) is 5.78. The van der Waals surface area contributed by atoms with E-state index in [-0.39, 0.29) is 5.69 Å². The Hall–Kier alpha value is -2.68. The first-order chi connectivity index (χ1) is 11.2. The number of H-pyrrole nitrogens is 1. The van der Waals surface area contributed by atoms with Crippen LogP contribution in [0.15, 0.2) is 59.6 Å². The summed E-state index contributed by atoms with van der Waals surface area (Å²) in [5.74, 6) is 0. The van der Waals surface area contributed by atoms with Crippen molar-refractivity contribution in [3.05, 3.63) is 54.7 Å². The number of nitrogens with one attached hydrogen (secondary N) is 3. The first-order valence-corrected chi connectivity index (χ1v) is 8.62. The molecule has 0 radical (unpaired) electrons. The molecule has 9 heteroatoms. The van der Waals surface area contributed by atoms with Crippen LogP contribution in [-0.2, 0) is 0 Å². The molecule has 2 amide bonds. The number of halogens is 4. The quantitative estimate of drug-likeness (QED) is 0.348. The molecule has 128 valence electrons. The number of rotatable bonds is 3. The van der Waals surface area contributed by atoms with Crippen molar-refractivity contribution in [2.24, 2.45) is 0 Å². The molecule has 1 heterocycles. The van der Waals surface area contributed by atoms with Gasteiger partial charge in [-0.15, -0.1) is 15.5 Å². The largest absolute Gasteiger partial charge is 0.361 e. The van der Waals surface area contributed by atoms with Crippen LogP contribution in [0.4, 0.5) is 31.7 Å². The van der Waals surface area contributed by atoms with E-state index in [9.17, 15) is 20.3 Å². The number of aromatic amines is 1. The van der Waals surface area contributed by atoms with E-state index in [4.69, 9.17) is 0 Å². The van der Waals surface area contributed by atoms with Crippen molar-refractivity contribution < 1.29 is 20.3 Å². The van der Waals surface area contributed by atoms with E-state index >= 15 is 0 Å². The summed E-state index contributed by atoms with van der Waals surface area (Å²) in [5.41, 5.74) is 1.47. The van der Waals surface area contributed by atoms with Crippen LogP contribution in [0, 0.1) is 0 Å². The van der Waals surface area contributed by atoms with Gasteiger partial charge in [0.2, 0.25) is 0 Å². The van der Waals surface area contributed by atoms with Gasteiger partial charge in [-0.3, -0.25) is 0 Å². The van der Waals surface area contributed by atoms with Gasteiger partial charge < -0.3 is 15.6 Å². The number of carbonyl (C=O) groups excluding carboxylic acids is 1. The Kier molecular flexibility index (Phi) is 3.67. The first kappa shape index (κ1) is 16.2. The predicted molar refractivity (Wildman–Crippen MR) is 89.1 cm³/mol. The smallest absolute Gasteiger partial charge is 0.323 e. The summed E-state index contributed by atoms with van der Waals surface area (Å²) in [6.45, 7) is 0. The van der Waals surface area contributed by atoms with Gasteiger partial charge in [-0.05, 0) is 47.9 Å². The summed E-state index contributed by atoms with van der Waals surface area (Å²) in [5, 5.41) is 5.93. The number of fused-ring (bicyclic) bond motifs is 1. The lowest BCUT2D eigenvalue weighted by Crippen LogP contribution is -2.19. The van der Waals surface area contributed by atoms with Crippen LogP contribution in [-0.4, -0.2) is 11.0 Å². The summed E-state index contributed by atoms with van der Waals surface area (Å²) >= 11 is 0. The molecular formula is C15H13F4N3OS. The van der Waals surface area contributed by atoms with Crippen LogP contribution in [0.5, 0.6) is 0 Å². The van der Waals surface area contributed by atoms with Crippen molar-refractivity contribution in [2.45, 2.75) is 4.90 Å². The van der Waals surface area contributed by atoms with Gasteiger partial charge in [0.05, 0.1) is 4.90 Å². The Morgan fingerprint density at radius 1 is 0.875 bits per heavy atom. The Labute approximate surface area is 135 Å². The second kappa shape index (κ2) is 5.45. The Bertz CT molecular complexity index is 893. The van der Waals surface area contributed by atoms with Gasteiger partial charge in [-0.2, -0.15) is 0 Å². The fourth-order valence-corrected chi connectivity index (χ4v) is 2.79. The first-order valence-electron chi connectivity index (χ1n) is 6.82. The average Bonchev–Trinajstić information content (AvgIpc) is 2.93. The summed E-state index contributed by atoms with van der Waals surface area (Å²) < 4.78 is 50.5. The number of benzene rings is 2. The number of hydrogen-bond donors (Lipinski definition) is 4. The molecule has 0 atom stereocenters. The molecular weight excluding hydrogens is 346 g/mol. The molecule has 0 spiro atoms. The normalized spacial score (nSPS) is 13.2. The van der Waals surface area contributed by atoms with E-state index in [1.807, 2.05) is 12.1 Å². The average molecular weight is 359 g/mol. The van der Waals surface area contributed by atoms with Crippen LogP contribution < -0.4 is 10.6 Å². The van der Waals surface area contributed by atoms with Crippen molar-refractivity contribution in [3.63, 3.8) is 0 Å². The lowest BCUT2D eigenvalue weighted by atomic mass is 10.2. The van der Waals surface area contributed by atoms with Gasteiger partial charge in [0.15, 0.2) is 10.7 Å². The molecule has 1 aromatic heterocycles.